The molecule has 1 aromatic carbocycles. The van der Waals surface area contributed by atoms with Crippen molar-refractivity contribution in [3.63, 3.8) is 0 Å². The van der Waals surface area contributed by atoms with Crippen LogP contribution in [0.1, 0.15) is 18.6 Å². The van der Waals surface area contributed by atoms with Crippen LogP contribution in [0.25, 0.3) is 0 Å². The number of aliphatic hydroxyl groups excluding tert-OH is 2. The lowest BCUT2D eigenvalue weighted by atomic mass is 9.99. The van der Waals surface area contributed by atoms with Crippen LogP contribution in [0.3, 0.4) is 0 Å². The second kappa shape index (κ2) is 3.57. The van der Waals surface area contributed by atoms with E-state index in [0.717, 1.165) is 5.56 Å². The highest BCUT2D eigenvalue weighted by atomic mass is 32.2. The van der Waals surface area contributed by atoms with Gasteiger partial charge in [-0.3, -0.25) is 0 Å². The van der Waals surface area contributed by atoms with Crippen molar-refractivity contribution >= 4 is 11.8 Å². The molecule has 2 nitrogen and oxygen atoms in total. The van der Waals surface area contributed by atoms with Gasteiger partial charge in [0.2, 0.25) is 0 Å². The maximum atomic E-state index is 10.00. The van der Waals surface area contributed by atoms with Gasteiger partial charge in [0.1, 0.15) is 0 Å². The topological polar surface area (TPSA) is 40.5 Å². The highest BCUT2D eigenvalue weighted by Gasteiger charge is 2.55. The minimum Gasteiger partial charge on any atom is -0.395 e. The fraction of sp³-hybridized carbons (Fsp3) is 0.455. The summed E-state index contributed by atoms with van der Waals surface area (Å²) in [6, 6.07) is 9.61. The van der Waals surface area contributed by atoms with Crippen molar-refractivity contribution < 1.29 is 10.2 Å². The predicted octanol–water partition coefficient (Wildman–Crippen LogP) is 1.59. The van der Waals surface area contributed by atoms with Gasteiger partial charge in [-0.25, -0.2) is 0 Å². The summed E-state index contributed by atoms with van der Waals surface area (Å²) in [5.74, 6) is 0. The molecule has 0 amide bonds. The quantitative estimate of drug-likeness (QED) is 0.744. The molecule has 2 N–H and O–H groups in total. The first-order valence-corrected chi connectivity index (χ1v) is 5.57. The van der Waals surface area contributed by atoms with Crippen LogP contribution in [0.5, 0.6) is 0 Å². The summed E-state index contributed by atoms with van der Waals surface area (Å²) in [4.78, 5) is 0. The first kappa shape index (κ1) is 10.0. The van der Waals surface area contributed by atoms with Gasteiger partial charge in [0.05, 0.1) is 22.7 Å². The number of hydrogen-bond donors (Lipinski definition) is 2. The van der Waals surface area contributed by atoms with E-state index in [0.29, 0.717) is 0 Å². The van der Waals surface area contributed by atoms with Gasteiger partial charge in [-0.2, -0.15) is 0 Å². The Morgan fingerprint density at radius 1 is 1.43 bits per heavy atom. The SMILES string of the molecule is CC1(CO)SC1[C@@H](O)c1ccccc1. The number of aliphatic hydroxyl groups is 2. The molecule has 0 bridgehead atoms. The first-order chi connectivity index (χ1) is 6.67. The molecule has 1 fully saturated rings. The molecular formula is C11H14O2S. The van der Waals surface area contributed by atoms with Gasteiger partial charge in [0.25, 0.3) is 0 Å². The maximum absolute atomic E-state index is 10.00. The van der Waals surface area contributed by atoms with E-state index in [4.69, 9.17) is 5.11 Å². The monoisotopic (exact) mass is 210 g/mol. The molecule has 1 aliphatic rings. The molecule has 2 rings (SSSR count). The molecule has 0 aromatic heterocycles. The summed E-state index contributed by atoms with van der Waals surface area (Å²) in [6.45, 7) is 2.11. The summed E-state index contributed by atoms with van der Waals surface area (Å²) in [5.41, 5.74) is 0.933. The molecule has 3 heteroatoms. The Labute approximate surface area is 88.0 Å². The summed E-state index contributed by atoms with van der Waals surface area (Å²) in [7, 11) is 0. The van der Waals surface area contributed by atoms with Gasteiger partial charge in [-0.15, -0.1) is 11.8 Å². The Hall–Kier alpha value is -0.510. The molecule has 2 unspecified atom stereocenters. The van der Waals surface area contributed by atoms with Crippen LogP contribution in [0.2, 0.25) is 0 Å². The van der Waals surface area contributed by atoms with Crippen LogP contribution >= 0.6 is 11.8 Å². The highest BCUT2D eigenvalue weighted by molar-refractivity contribution is 8.08. The zero-order valence-corrected chi connectivity index (χ0v) is 8.87. The molecule has 0 aliphatic carbocycles. The molecule has 1 heterocycles. The number of thioether (sulfide) groups is 1. The molecule has 0 radical (unpaired) electrons. The standard InChI is InChI=1S/C11H14O2S/c1-11(7-12)10(14-11)9(13)8-5-3-2-4-6-8/h2-6,9-10,12-13H,7H2,1H3/t9-,10?,11?/m0/s1. The zero-order valence-electron chi connectivity index (χ0n) is 8.05. The summed E-state index contributed by atoms with van der Waals surface area (Å²) >= 11 is 1.64. The summed E-state index contributed by atoms with van der Waals surface area (Å²) in [5, 5.41) is 19.2. The molecule has 0 spiro atoms. The molecule has 1 saturated heterocycles. The molecule has 0 saturated carbocycles. The maximum Gasteiger partial charge on any atom is 0.0923 e. The lowest BCUT2D eigenvalue weighted by Crippen LogP contribution is -2.19. The van der Waals surface area contributed by atoms with E-state index in [1.807, 2.05) is 37.3 Å². The number of benzene rings is 1. The Morgan fingerprint density at radius 2 is 2.07 bits per heavy atom. The average Bonchev–Trinajstić information content (AvgIpc) is 2.92. The second-order valence-electron chi connectivity index (χ2n) is 3.86. The Bertz CT molecular complexity index is 314. The van der Waals surface area contributed by atoms with E-state index in [1.165, 1.54) is 0 Å². The second-order valence-corrected chi connectivity index (χ2v) is 5.54. The smallest absolute Gasteiger partial charge is 0.0923 e. The highest BCUT2D eigenvalue weighted by Crippen LogP contribution is 2.58. The third-order valence-corrected chi connectivity index (χ3v) is 4.38. The zero-order chi connectivity index (χ0) is 10.2. The van der Waals surface area contributed by atoms with Crippen molar-refractivity contribution in [3.05, 3.63) is 35.9 Å². The normalized spacial score (nSPS) is 32.6. The number of hydrogen-bond acceptors (Lipinski definition) is 3. The van der Waals surface area contributed by atoms with Gasteiger partial charge in [0, 0.05) is 0 Å². The van der Waals surface area contributed by atoms with Crippen molar-refractivity contribution in [1.29, 1.82) is 0 Å². The fourth-order valence-electron chi connectivity index (χ4n) is 1.61. The van der Waals surface area contributed by atoms with Gasteiger partial charge in [-0.05, 0) is 12.5 Å². The van der Waals surface area contributed by atoms with Crippen LogP contribution in [-0.4, -0.2) is 26.8 Å². The van der Waals surface area contributed by atoms with Gasteiger partial charge in [0.15, 0.2) is 0 Å². The van der Waals surface area contributed by atoms with Crippen LogP contribution in [0.4, 0.5) is 0 Å². The van der Waals surface area contributed by atoms with Crippen molar-refractivity contribution in [2.24, 2.45) is 0 Å². The Balaban J connectivity index is 2.08. The van der Waals surface area contributed by atoms with Gasteiger partial charge in [-0.1, -0.05) is 30.3 Å². The molecule has 14 heavy (non-hydrogen) atoms. The summed E-state index contributed by atoms with van der Waals surface area (Å²) < 4.78 is -0.144. The van der Waals surface area contributed by atoms with E-state index in [1.54, 1.807) is 11.8 Å². The van der Waals surface area contributed by atoms with E-state index < -0.39 is 6.10 Å². The van der Waals surface area contributed by atoms with Crippen LogP contribution < -0.4 is 0 Å². The molecular weight excluding hydrogens is 196 g/mol. The van der Waals surface area contributed by atoms with Crippen molar-refractivity contribution in [1.82, 2.24) is 0 Å². The molecule has 1 aromatic rings. The van der Waals surface area contributed by atoms with Crippen LogP contribution in [0, 0.1) is 0 Å². The lowest BCUT2D eigenvalue weighted by Gasteiger charge is -2.11. The van der Waals surface area contributed by atoms with Crippen LogP contribution in [0.15, 0.2) is 30.3 Å². The van der Waals surface area contributed by atoms with Gasteiger partial charge < -0.3 is 10.2 Å². The Kier molecular flexibility index (Phi) is 2.56. The van der Waals surface area contributed by atoms with E-state index in [9.17, 15) is 5.11 Å². The third kappa shape index (κ3) is 1.67. The third-order valence-electron chi connectivity index (χ3n) is 2.68. The fourth-order valence-corrected chi connectivity index (χ4v) is 2.68. The van der Waals surface area contributed by atoms with Crippen molar-refractivity contribution in [2.75, 3.05) is 6.61 Å². The molecule has 3 atom stereocenters. The van der Waals surface area contributed by atoms with Crippen molar-refractivity contribution in [2.45, 2.75) is 23.0 Å². The Morgan fingerprint density at radius 3 is 2.57 bits per heavy atom. The largest absolute Gasteiger partial charge is 0.395 e. The predicted molar refractivity (Wildman–Crippen MR) is 58.3 cm³/mol. The molecule has 76 valence electrons. The van der Waals surface area contributed by atoms with Crippen LogP contribution in [-0.2, 0) is 0 Å². The summed E-state index contributed by atoms with van der Waals surface area (Å²) in [6.07, 6.45) is -0.460. The van der Waals surface area contributed by atoms with E-state index >= 15 is 0 Å². The van der Waals surface area contributed by atoms with Gasteiger partial charge >= 0.3 is 0 Å². The minimum atomic E-state index is -0.460. The molecule has 1 aliphatic heterocycles. The minimum absolute atomic E-state index is 0.131. The lowest BCUT2D eigenvalue weighted by molar-refractivity contribution is 0.160. The average molecular weight is 210 g/mol. The number of rotatable bonds is 3. The first-order valence-electron chi connectivity index (χ1n) is 4.69. The van der Waals surface area contributed by atoms with E-state index in [-0.39, 0.29) is 16.6 Å². The van der Waals surface area contributed by atoms with Crippen molar-refractivity contribution in [3.8, 4) is 0 Å². The van der Waals surface area contributed by atoms with E-state index in [2.05, 4.69) is 0 Å².